The van der Waals surface area contributed by atoms with Gasteiger partial charge in [-0.15, -0.1) is 0 Å². The highest BCUT2D eigenvalue weighted by Gasteiger charge is 2.04. The molecular weight excluding hydrogens is 534 g/mol. The first-order chi connectivity index (χ1) is 19.6. The molecule has 0 heterocycles. The first-order valence-electron chi connectivity index (χ1n) is 13.5. The van der Waals surface area contributed by atoms with Crippen molar-refractivity contribution in [3.63, 3.8) is 0 Å². The highest BCUT2D eigenvalue weighted by molar-refractivity contribution is 5.81. The molecule has 0 radical (unpaired) electrons. The van der Waals surface area contributed by atoms with Gasteiger partial charge in [0.05, 0.1) is 106 Å². The van der Waals surface area contributed by atoms with Gasteiger partial charge in [-0.2, -0.15) is 0 Å². The van der Waals surface area contributed by atoms with Gasteiger partial charge >= 0.3 is 11.9 Å². The van der Waals surface area contributed by atoms with E-state index in [0.717, 1.165) is 6.08 Å². The number of carbonyl (C=O) groups is 3. The molecule has 0 fully saturated rings. The Labute approximate surface area is 236 Å². The maximum atomic E-state index is 11.3. The molecule has 0 aromatic heterocycles. The summed E-state index contributed by atoms with van der Waals surface area (Å²) < 4.78 is 47.8. The van der Waals surface area contributed by atoms with E-state index < -0.39 is 11.9 Å². The van der Waals surface area contributed by atoms with Crippen LogP contribution in [0.3, 0.4) is 0 Å². The number of esters is 1. The largest absolute Gasteiger partial charge is 0.481 e. The van der Waals surface area contributed by atoms with Gasteiger partial charge in [0.15, 0.2) is 0 Å². The predicted octanol–water partition coefficient (Wildman–Crippen LogP) is 0.220. The number of ether oxygens (including phenoxy) is 9. The minimum absolute atomic E-state index is 0.0123. The number of carboxylic acid groups (broad SMARTS) is 1. The van der Waals surface area contributed by atoms with Crippen molar-refractivity contribution in [2.24, 2.45) is 0 Å². The van der Waals surface area contributed by atoms with E-state index in [9.17, 15) is 14.4 Å². The van der Waals surface area contributed by atoms with E-state index in [4.69, 9.17) is 47.7 Å². The number of aliphatic carboxylic acids is 1. The Hall–Kier alpha value is -2.17. The van der Waals surface area contributed by atoms with Crippen LogP contribution in [-0.2, 0) is 57.0 Å². The molecule has 0 bridgehead atoms. The van der Waals surface area contributed by atoms with Gasteiger partial charge in [-0.05, 0) is 6.42 Å². The number of amides is 1. The quantitative estimate of drug-likeness (QED) is 0.0630. The van der Waals surface area contributed by atoms with Gasteiger partial charge in [-0.1, -0.05) is 6.58 Å². The second kappa shape index (κ2) is 31.4. The maximum absolute atomic E-state index is 11.3. The number of nitrogens with one attached hydrogen (secondary N) is 1. The lowest BCUT2D eigenvalue weighted by Crippen LogP contribution is -2.25. The molecule has 14 heteroatoms. The lowest BCUT2D eigenvalue weighted by atomic mass is 10.3. The average molecular weight is 582 g/mol. The highest BCUT2D eigenvalue weighted by atomic mass is 16.6. The van der Waals surface area contributed by atoms with Crippen molar-refractivity contribution in [1.29, 1.82) is 0 Å². The summed E-state index contributed by atoms with van der Waals surface area (Å²) >= 11 is 0. The van der Waals surface area contributed by atoms with Crippen LogP contribution in [0.15, 0.2) is 12.7 Å². The van der Waals surface area contributed by atoms with Crippen LogP contribution < -0.4 is 5.32 Å². The molecule has 0 unspecified atom stereocenters. The zero-order chi connectivity index (χ0) is 29.4. The topological polar surface area (TPSA) is 167 Å². The molecule has 0 rings (SSSR count). The Morgan fingerprint density at radius 2 is 0.900 bits per heavy atom. The number of hydrogen-bond acceptors (Lipinski definition) is 12. The van der Waals surface area contributed by atoms with E-state index in [1.165, 1.54) is 0 Å². The Bertz CT molecular complexity index is 621. The molecule has 0 aromatic carbocycles. The smallest absolute Gasteiger partial charge is 0.330 e. The van der Waals surface area contributed by atoms with Gasteiger partial charge in [0.1, 0.15) is 6.61 Å². The van der Waals surface area contributed by atoms with Gasteiger partial charge in [0.2, 0.25) is 5.91 Å². The molecule has 40 heavy (non-hydrogen) atoms. The molecule has 0 aliphatic heterocycles. The summed E-state index contributed by atoms with van der Waals surface area (Å²) in [5.74, 6) is -1.72. The Kier molecular flexibility index (Phi) is 29.7. The summed E-state index contributed by atoms with van der Waals surface area (Å²) in [5, 5.41) is 11.1. The first kappa shape index (κ1) is 37.8. The number of carboxylic acids is 1. The van der Waals surface area contributed by atoms with E-state index in [2.05, 4.69) is 11.9 Å². The van der Waals surface area contributed by atoms with E-state index in [1.807, 2.05) is 0 Å². The van der Waals surface area contributed by atoms with Gasteiger partial charge in [0.25, 0.3) is 0 Å². The zero-order valence-electron chi connectivity index (χ0n) is 23.5. The number of carbonyl (C=O) groups excluding carboxylic acids is 2. The summed E-state index contributed by atoms with van der Waals surface area (Å²) in [7, 11) is 0. The fraction of sp³-hybridized carbons (Fsp3) is 0.808. The van der Waals surface area contributed by atoms with Gasteiger partial charge in [-0.3, -0.25) is 9.59 Å². The van der Waals surface area contributed by atoms with E-state index >= 15 is 0 Å². The van der Waals surface area contributed by atoms with Gasteiger partial charge in [0, 0.05) is 25.6 Å². The molecule has 14 nitrogen and oxygen atoms in total. The zero-order valence-corrected chi connectivity index (χ0v) is 23.5. The molecule has 0 saturated heterocycles. The molecule has 0 aliphatic carbocycles. The third-order valence-corrected chi connectivity index (χ3v) is 4.60. The van der Waals surface area contributed by atoms with Crippen molar-refractivity contribution in [3.8, 4) is 0 Å². The average Bonchev–Trinajstić information content (AvgIpc) is 2.95. The fourth-order valence-corrected chi connectivity index (χ4v) is 2.61. The van der Waals surface area contributed by atoms with Crippen molar-refractivity contribution in [1.82, 2.24) is 5.32 Å². The van der Waals surface area contributed by atoms with Crippen LogP contribution in [0.5, 0.6) is 0 Å². The second-order valence-corrected chi connectivity index (χ2v) is 7.87. The van der Waals surface area contributed by atoms with Crippen LogP contribution >= 0.6 is 0 Å². The standard InChI is InChI=1S/C26H47NO13/c1-2-26(31)40-23-22-39-21-20-38-19-18-37-17-16-36-15-14-35-13-12-34-11-10-33-9-8-32-7-3-6-27-24(28)4-5-25(29)30/h2H,1,3-23H2,(H,27,28)(H,29,30). The maximum Gasteiger partial charge on any atom is 0.330 e. The van der Waals surface area contributed by atoms with E-state index in [0.29, 0.717) is 119 Å². The highest BCUT2D eigenvalue weighted by Crippen LogP contribution is 1.90. The van der Waals surface area contributed by atoms with Crippen molar-refractivity contribution in [2.75, 3.05) is 119 Å². The predicted molar refractivity (Wildman–Crippen MR) is 142 cm³/mol. The van der Waals surface area contributed by atoms with Crippen molar-refractivity contribution in [2.45, 2.75) is 19.3 Å². The minimum Gasteiger partial charge on any atom is -0.481 e. The summed E-state index contributed by atoms with van der Waals surface area (Å²) in [6.07, 6.45) is 1.58. The summed E-state index contributed by atoms with van der Waals surface area (Å²) in [5.41, 5.74) is 0. The fourth-order valence-electron chi connectivity index (χ4n) is 2.61. The summed E-state index contributed by atoms with van der Waals surface area (Å²) in [4.78, 5) is 32.5. The Balaban J connectivity index is 3.10. The SMILES string of the molecule is C=CC(=O)OCCOCCOCCOCCOCCOCCOCCOCCOCCCNC(=O)CCC(=O)O. The Morgan fingerprint density at radius 1 is 0.550 bits per heavy atom. The van der Waals surface area contributed by atoms with E-state index in [1.54, 1.807) is 0 Å². The molecule has 0 spiro atoms. The van der Waals surface area contributed by atoms with Gasteiger partial charge in [-0.25, -0.2) is 4.79 Å². The van der Waals surface area contributed by atoms with E-state index in [-0.39, 0.29) is 25.4 Å². The number of rotatable bonds is 32. The minimum atomic E-state index is -0.985. The van der Waals surface area contributed by atoms with Crippen LogP contribution in [0.1, 0.15) is 19.3 Å². The second-order valence-electron chi connectivity index (χ2n) is 7.87. The third-order valence-electron chi connectivity index (χ3n) is 4.60. The van der Waals surface area contributed by atoms with Crippen LogP contribution in [0, 0.1) is 0 Å². The lowest BCUT2D eigenvalue weighted by Gasteiger charge is -2.09. The van der Waals surface area contributed by atoms with Crippen molar-refractivity contribution >= 4 is 17.8 Å². The summed E-state index contributed by atoms with van der Waals surface area (Å²) in [6, 6.07) is 0. The Morgan fingerprint density at radius 3 is 1.25 bits per heavy atom. The van der Waals surface area contributed by atoms with Crippen LogP contribution in [0.2, 0.25) is 0 Å². The first-order valence-corrected chi connectivity index (χ1v) is 13.5. The van der Waals surface area contributed by atoms with Crippen LogP contribution in [0.4, 0.5) is 0 Å². The molecule has 0 aromatic rings. The van der Waals surface area contributed by atoms with Crippen molar-refractivity contribution < 1.29 is 62.1 Å². The molecule has 234 valence electrons. The third kappa shape index (κ3) is 32.0. The normalized spacial score (nSPS) is 10.9. The number of hydrogen-bond donors (Lipinski definition) is 2. The lowest BCUT2D eigenvalue weighted by molar-refractivity contribution is -0.139. The molecule has 0 saturated carbocycles. The molecule has 1 amide bonds. The molecule has 0 atom stereocenters. The molecule has 2 N–H and O–H groups in total. The van der Waals surface area contributed by atoms with Gasteiger partial charge < -0.3 is 53.1 Å². The summed E-state index contributed by atoms with van der Waals surface area (Å²) in [6.45, 7) is 11.1. The van der Waals surface area contributed by atoms with Crippen LogP contribution in [-0.4, -0.2) is 142 Å². The van der Waals surface area contributed by atoms with Crippen molar-refractivity contribution in [3.05, 3.63) is 12.7 Å². The monoisotopic (exact) mass is 581 g/mol. The van der Waals surface area contributed by atoms with Crippen LogP contribution in [0.25, 0.3) is 0 Å². The molecular formula is C26H47NO13. The molecule has 0 aliphatic rings.